The van der Waals surface area contributed by atoms with Gasteiger partial charge in [-0.3, -0.25) is 9.79 Å². The van der Waals surface area contributed by atoms with Crippen molar-refractivity contribution in [2.75, 3.05) is 13.1 Å². The molecule has 0 heterocycles. The molecule has 2 rings (SSSR count). The Balaban J connectivity index is 0.00000312. The highest BCUT2D eigenvalue weighted by atomic mass is 127. The van der Waals surface area contributed by atoms with Crippen LogP contribution in [0.2, 0.25) is 0 Å². The molecule has 0 atom stereocenters. The molecule has 1 aromatic rings. The van der Waals surface area contributed by atoms with Gasteiger partial charge in [0, 0.05) is 29.2 Å². The van der Waals surface area contributed by atoms with Gasteiger partial charge in [0.15, 0.2) is 5.96 Å². The van der Waals surface area contributed by atoms with Crippen LogP contribution >= 0.6 is 39.9 Å². The van der Waals surface area contributed by atoms with Crippen molar-refractivity contribution < 1.29 is 4.79 Å². The van der Waals surface area contributed by atoms with Gasteiger partial charge >= 0.3 is 0 Å². The zero-order chi connectivity index (χ0) is 17.2. The number of carbonyl (C=O) groups is 1. The molecular weight excluding hydrogens is 495 g/mol. The molecule has 0 aromatic heterocycles. The van der Waals surface area contributed by atoms with Crippen molar-refractivity contribution in [3.8, 4) is 0 Å². The quantitative estimate of drug-likeness (QED) is 0.175. The Labute approximate surface area is 175 Å². The average molecular weight is 523 g/mol. The molecule has 0 saturated heterocycles. The Bertz CT molecular complexity index is 560. The summed E-state index contributed by atoms with van der Waals surface area (Å²) in [5.41, 5.74) is 6.61. The van der Waals surface area contributed by atoms with Crippen LogP contribution in [0.4, 0.5) is 0 Å². The molecule has 1 saturated carbocycles. The molecule has 7 heteroatoms. The normalized spacial score (nSPS) is 15.8. The lowest BCUT2D eigenvalue weighted by Crippen LogP contribution is -2.40. The molecule has 5 nitrogen and oxygen atoms in total. The maximum absolute atomic E-state index is 12.0. The molecule has 1 aliphatic carbocycles. The number of hydrogen-bond acceptors (Lipinski definition) is 2. The molecule has 1 aliphatic rings. The number of aliphatic imine (C=N–C) groups is 1. The van der Waals surface area contributed by atoms with Crippen LogP contribution in [-0.4, -0.2) is 31.0 Å². The van der Waals surface area contributed by atoms with Crippen molar-refractivity contribution in [2.24, 2.45) is 10.7 Å². The first-order valence-corrected chi connectivity index (χ1v) is 9.54. The summed E-state index contributed by atoms with van der Waals surface area (Å²) in [4.78, 5) is 16.3. The summed E-state index contributed by atoms with van der Waals surface area (Å²) >= 11 is 3.37. The third kappa shape index (κ3) is 8.89. The molecule has 4 N–H and O–H groups in total. The van der Waals surface area contributed by atoms with Crippen LogP contribution in [-0.2, 0) is 0 Å². The fourth-order valence-electron chi connectivity index (χ4n) is 2.89. The Morgan fingerprint density at radius 3 is 2.64 bits per heavy atom. The van der Waals surface area contributed by atoms with Gasteiger partial charge in [0.25, 0.3) is 5.91 Å². The van der Waals surface area contributed by atoms with E-state index in [1.807, 2.05) is 18.2 Å². The minimum absolute atomic E-state index is 0. The van der Waals surface area contributed by atoms with Gasteiger partial charge in [-0.25, -0.2) is 0 Å². The Morgan fingerprint density at radius 1 is 1.24 bits per heavy atom. The molecule has 1 fully saturated rings. The van der Waals surface area contributed by atoms with E-state index in [0.717, 1.165) is 10.9 Å². The summed E-state index contributed by atoms with van der Waals surface area (Å²) in [5, 5.41) is 6.23. The minimum atomic E-state index is -0.0650. The van der Waals surface area contributed by atoms with Gasteiger partial charge in [-0.05, 0) is 37.5 Å². The van der Waals surface area contributed by atoms with E-state index in [0.29, 0.717) is 30.7 Å². The molecule has 0 spiro atoms. The van der Waals surface area contributed by atoms with Crippen LogP contribution in [0.5, 0.6) is 0 Å². The summed E-state index contributed by atoms with van der Waals surface area (Å²) in [5.74, 6) is 0.463. The minimum Gasteiger partial charge on any atom is -0.370 e. The maximum atomic E-state index is 12.0. The van der Waals surface area contributed by atoms with E-state index >= 15 is 0 Å². The van der Waals surface area contributed by atoms with E-state index in [1.54, 1.807) is 6.07 Å². The summed E-state index contributed by atoms with van der Waals surface area (Å²) in [6.45, 7) is 1.20. The van der Waals surface area contributed by atoms with Crippen molar-refractivity contribution in [3.05, 3.63) is 34.3 Å². The second kappa shape index (κ2) is 12.5. The lowest BCUT2D eigenvalue weighted by Gasteiger charge is -2.16. The molecule has 1 aromatic carbocycles. The van der Waals surface area contributed by atoms with Crippen LogP contribution < -0.4 is 16.4 Å². The molecule has 25 heavy (non-hydrogen) atoms. The molecule has 0 aliphatic heterocycles. The van der Waals surface area contributed by atoms with Crippen LogP contribution in [0.15, 0.2) is 33.7 Å². The van der Waals surface area contributed by atoms with Gasteiger partial charge in [-0.1, -0.05) is 47.7 Å². The second-order valence-electron chi connectivity index (χ2n) is 6.22. The van der Waals surface area contributed by atoms with Crippen molar-refractivity contribution in [2.45, 2.75) is 51.0 Å². The standard InChI is InChI=1S/C18H27BrN4O.HI/c19-15-8-5-7-14(13-15)17(24)21-11-6-12-22-18(20)23-16-9-3-1-2-4-10-16;/h5,7-8,13,16H,1-4,6,9-12H2,(H,21,24)(H3,20,22,23);1H. The topological polar surface area (TPSA) is 79.5 Å². The number of amides is 1. The summed E-state index contributed by atoms with van der Waals surface area (Å²) < 4.78 is 0.900. The van der Waals surface area contributed by atoms with Gasteiger partial charge in [-0.15, -0.1) is 24.0 Å². The van der Waals surface area contributed by atoms with Crippen molar-refractivity contribution in [1.82, 2.24) is 10.6 Å². The summed E-state index contributed by atoms with van der Waals surface area (Å²) in [6.07, 6.45) is 8.32. The molecule has 1 amide bonds. The average Bonchev–Trinajstić information content (AvgIpc) is 2.83. The van der Waals surface area contributed by atoms with Crippen molar-refractivity contribution in [1.29, 1.82) is 0 Å². The highest BCUT2D eigenvalue weighted by Crippen LogP contribution is 2.16. The van der Waals surface area contributed by atoms with Gasteiger partial charge in [0.05, 0.1) is 0 Å². The second-order valence-corrected chi connectivity index (χ2v) is 7.14. The largest absolute Gasteiger partial charge is 0.370 e. The molecule has 0 radical (unpaired) electrons. The number of rotatable bonds is 6. The first kappa shape index (κ1) is 22.2. The van der Waals surface area contributed by atoms with Crippen LogP contribution in [0.3, 0.4) is 0 Å². The van der Waals surface area contributed by atoms with Crippen LogP contribution in [0, 0.1) is 0 Å². The monoisotopic (exact) mass is 522 g/mol. The van der Waals surface area contributed by atoms with Crippen LogP contribution in [0.25, 0.3) is 0 Å². The number of guanidine groups is 1. The zero-order valence-corrected chi connectivity index (χ0v) is 18.4. The molecule has 140 valence electrons. The fourth-order valence-corrected chi connectivity index (χ4v) is 3.29. The summed E-state index contributed by atoms with van der Waals surface area (Å²) in [6, 6.07) is 7.82. The highest BCUT2D eigenvalue weighted by Gasteiger charge is 2.12. The number of hydrogen-bond donors (Lipinski definition) is 3. The third-order valence-corrected chi connectivity index (χ3v) is 4.69. The predicted octanol–water partition coefficient (Wildman–Crippen LogP) is 3.81. The molecule has 0 bridgehead atoms. The number of nitrogens with two attached hydrogens (primary N) is 1. The maximum Gasteiger partial charge on any atom is 0.251 e. The first-order chi connectivity index (χ1) is 11.6. The van der Waals surface area contributed by atoms with Gasteiger partial charge in [-0.2, -0.15) is 0 Å². The van der Waals surface area contributed by atoms with E-state index in [-0.39, 0.29) is 29.9 Å². The van der Waals surface area contributed by atoms with Crippen molar-refractivity contribution >= 4 is 51.8 Å². The Hall–Kier alpha value is -0.830. The molecular formula is C18H28BrIN4O. The lowest BCUT2D eigenvalue weighted by atomic mass is 10.1. The smallest absolute Gasteiger partial charge is 0.251 e. The third-order valence-electron chi connectivity index (χ3n) is 4.20. The number of nitrogens with zero attached hydrogens (tertiary/aromatic N) is 1. The van der Waals surface area contributed by atoms with E-state index in [4.69, 9.17) is 5.73 Å². The number of halogens is 2. The Morgan fingerprint density at radius 2 is 1.96 bits per heavy atom. The van der Waals surface area contributed by atoms with E-state index < -0.39 is 0 Å². The first-order valence-electron chi connectivity index (χ1n) is 8.75. The zero-order valence-electron chi connectivity index (χ0n) is 14.5. The predicted molar refractivity (Wildman–Crippen MR) is 118 cm³/mol. The van der Waals surface area contributed by atoms with Gasteiger partial charge < -0.3 is 16.4 Å². The fraction of sp³-hybridized carbons (Fsp3) is 0.556. The number of nitrogens with one attached hydrogen (secondary N) is 2. The number of benzene rings is 1. The van der Waals surface area contributed by atoms with Crippen LogP contribution in [0.1, 0.15) is 55.3 Å². The van der Waals surface area contributed by atoms with Gasteiger partial charge in [0.1, 0.15) is 0 Å². The highest BCUT2D eigenvalue weighted by molar-refractivity contribution is 14.0. The van der Waals surface area contributed by atoms with Gasteiger partial charge in [0.2, 0.25) is 0 Å². The number of carbonyl (C=O) groups excluding carboxylic acids is 1. The van der Waals surface area contributed by atoms with E-state index in [2.05, 4.69) is 31.6 Å². The van der Waals surface area contributed by atoms with Crippen molar-refractivity contribution in [3.63, 3.8) is 0 Å². The molecule has 0 unspecified atom stereocenters. The summed E-state index contributed by atoms with van der Waals surface area (Å²) in [7, 11) is 0. The SMILES string of the molecule is I.NC(=NCCCNC(=O)c1cccc(Br)c1)NC1CCCCCC1. The lowest BCUT2D eigenvalue weighted by molar-refractivity contribution is 0.0953. The van der Waals surface area contributed by atoms with E-state index in [9.17, 15) is 4.79 Å². The Kier molecular flexibility index (Phi) is 11.1. The van der Waals surface area contributed by atoms with E-state index in [1.165, 1.54) is 38.5 Å².